The van der Waals surface area contributed by atoms with E-state index in [1.165, 1.54) is 0 Å². The molecule has 0 spiro atoms. The molecule has 5 heteroatoms. The van der Waals surface area contributed by atoms with Gasteiger partial charge in [0.1, 0.15) is 5.82 Å². The SMILES string of the molecule is CCCC(COC)n1c(CCCl)nc2ccc(C#N)cc21. The lowest BCUT2D eigenvalue weighted by molar-refractivity contribution is 0.151. The van der Waals surface area contributed by atoms with Gasteiger partial charge in [0.05, 0.1) is 35.3 Å². The molecule has 1 aromatic heterocycles. The quantitative estimate of drug-likeness (QED) is 0.733. The van der Waals surface area contributed by atoms with E-state index in [-0.39, 0.29) is 6.04 Å². The Hall–Kier alpha value is -1.57. The van der Waals surface area contributed by atoms with Crippen LogP contribution in [-0.4, -0.2) is 29.1 Å². The van der Waals surface area contributed by atoms with Gasteiger partial charge >= 0.3 is 0 Å². The molecule has 0 bridgehead atoms. The number of aryl methyl sites for hydroxylation is 1. The average Bonchev–Trinajstić information content (AvgIpc) is 2.84. The topological polar surface area (TPSA) is 50.8 Å². The van der Waals surface area contributed by atoms with Crippen LogP contribution in [-0.2, 0) is 11.2 Å². The second kappa shape index (κ2) is 7.44. The molecule has 1 aromatic carbocycles. The van der Waals surface area contributed by atoms with Crippen molar-refractivity contribution in [2.24, 2.45) is 0 Å². The first kappa shape index (κ1) is 15.8. The van der Waals surface area contributed by atoms with Crippen molar-refractivity contribution in [3.63, 3.8) is 0 Å². The Morgan fingerprint density at radius 3 is 2.90 bits per heavy atom. The number of halogens is 1. The molecule has 1 heterocycles. The Bertz CT molecular complexity index is 639. The van der Waals surface area contributed by atoms with Crippen molar-refractivity contribution in [1.29, 1.82) is 5.26 Å². The van der Waals surface area contributed by atoms with E-state index in [0.29, 0.717) is 24.5 Å². The monoisotopic (exact) mass is 305 g/mol. The minimum Gasteiger partial charge on any atom is -0.383 e. The Balaban J connectivity index is 2.59. The number of hydrogen-bond acceptors (Lipinski definition) is 3. The van der Waals surface area contributed by atoms with Crippen molar-refractivity contribution < 1.29 is 4.74 Å². The third-order valence-electron chi connectivity index (χ3n) is 3.56. The molecular formula is C16H20ClN3O. The van der Waals surface area contributed by atoms with Gasteiger partial charge in [-0.05, 0) is 24.6 Å². The molecule has 0 fully saturated rings. The number of fused-ring (bicyclic) bond motifs is 1. The van der Waals surface area contributed by atoms with E-state index in [4.69, 9.17) is 21.6 Å². The molecule has 4 nitrogen and oxygen atoms in total. The van der Waals surface area contributed by atoms with E-state index in [0.717, 1.165) is 29.7 Å². The summed E-state index contributed by atoms with van der Waals surface area (Å²) >= 11 is 5.92. The summed E-state index contributed by atoms with van der Waals surface area (Å²) in [5, 5.41) is 9.12. The largest absolute Gasteiger partial charge is 0.383 e. The van der Waals surface area contributed by atoms with Crippen LogP contribution < -0.4 is 0 Å². The van der Waals surface area contributed by atoms with Crippen molar-refractivity contribution in [3.8, 4) is 6.07 Å². The molecule has 0 radical (unpaired) electrons. The third-order valence-corrected chi connectivity index (χ3v) is 3.74. The molecule has 0 aliphatic carbocycles. The van der Waals surface area contributed by atoms with Crippen LogP contribution in [0.25, 0.3) is 11.0 Å². The Kier molecular flexibility index (Phi) is 5.60. The van der Waals surface area contributed by atoms with Gasteiger partial charge in [-0.15, -0.1) is 11.6 Å². The lowest BCUT2D eigenvalue weighted by Gasteiger charge is -2.20. The molecule has 2 rings (SSSR count). The van der Waals surface area contributed by atoms with Crippen LogP contribution in [0.3, 0.4) is 0 Å². The third kappa shape index (κ3) is 3.37. The minimum atomic E-state index is 0.220. The molecule has 0 aliphatic heterocycles. The summed E-state index contributed by atoms with van der Waals surface area (Å²) in [5.41, 5.74) is 2.55. The number of rotatable bonds is 7. The fourth-order valence-corrected chi connectivity index (χ4v) is 2.86. The number of ether oxygens (including phenoxy) is 1. The smallest absolute Gasteiger partial charge is 0.111 e. The zero-order valence-electron chi connectivity index (χ0n) is 12.5. The second-order valence-corrected chi connectivity index (χ2v) is 5.43. The maximum absolute atomic E-state index is 9.12. The molecule has 112 valence electrons. The summed E-state index contributed by atoms with van der Waals surface area (Å²) in [6, 6.07) is 8.01. The number of benzene rings is 1. The predicted octanol–water partition coefficient (Wildman–Crippen LogP) is 3.68. The van der Waals surface area contributed by atoms with Gasteiger partial charge in [0.25, 0.3) is 0 Å². The lowest BCUT2D eigenvalue weighted by atomic mass is 10.1. The van der Waals surface area contributed by atoms with Crippen molar-refractivity contribution in [2.75, 3.05) is 19.6 Å². The van der Waals surface area contributed by atoms with E-state index in [2.05, 4.69) is 22.5 Å². The average molecular weight is 306 g/mol. The van der Waals surface area contributed by atoms with Crippen molar-refractivity contribution >= 4 is 22.6 Å². The molecule has 0 aliphatic rings. The zero-order valence-corrected chi connectivity index (χ0v) is 13.2. The van der Waals surface area contributed by atoms with Crippen molar-refractivity contribution in [3.05, 3.63) is 29.6 Å². The van der Waals surface area contributed by atoms with E-state index in [1.54, 1.807) is 13.2 Å². The molecule has 1 atom stereocenters. The number of nitriles is 1. The summed E-state index contributed by atoms with van der Waals surface area (Å²) in [6.07, 6.45) is 2.78. The van der Waals surface area contributed by atoms with Gasteiger partial charge in [-0.1, -0.05) is 13.3 Å². The fourth-order valence-electron chi connectivity index (χ4n) is 2.69. The van der Waals surface area contributed by atoms with Crippen LogP contribution in [0.4, 0.5) is 0 Å². The molecule has 0 amide bonds. The van der Waals surface area contributed by atoms with Gasteiger partial charge < -0.3 is 9.30 Å². The number of hydrogen-bond donors (Lipinski definition) is 0. The molecule has 0 N–H and O–H groups in total. The van der Waals surface area contributed by atoms with Gasteiger partial charge in [-0.3, -0.25) is 0 Å². The number of alkyl halides is 1. The fraction of sp³-hybridized carbons (Fsp3) is 0.500. The van der Waals surface area contributed by atoms with Crippen LogP contribution in [0.1, 0.15) is 37.2 Å². The standard InChI is InChI=1S/C16H20ClN3O/c1-3-4-13(11-21-2)20-15-9-12(10-18)5-6-14(15)19-16(20)7-8-17/h5-6,9,13H,3-4,7-8,11H2,1-2H3. The van der Waals surface area contributed by atoms with E-state index < -0.39 is 0 Å². The Morgan fingerprint density at radius 1 is 1.48 bits per heavy atom. The molecule has 21 heavy (non-hydrogen) atoms. The van der Waals surface area contributed by atoms with Gasteiger partial charge in [-0.2, -0.15) is 5.26 Å². The first-order chi connectivity index (χ1) is 10.2. The first-order valence-electron chi connectivity index (χ1n) is 7.21. The van der Waals surface area contributed by atoms with Gasteiger partial charge in [0.15, 0.2) is 0 Å². The molecule has 0 saturated heterocycles. The molecule has 1 unspecified atom stereocenters. The first-order valence-corrected chi connectivity index (χ1v) is 7.74. The van der Waals surface area contributed by atoms with Crippen LogP contribution in [0.2, 0.25) is 0 Å². The van der Waals surface area contributed by atoms with Crippen molar-refractivity contribution in [2.45, 2.75) is 32.2 Å². The second-order valence-electron chi connectivity index (χ2n) is 5.05. The van der Waals surface area contributed by atoms with Crippen LogP contribution in [0.5, 0.6) is 0 Å². The Labute approximate surface area is 130 Å². The number of aromatic nitrogens is 2. The lowest BCUT2D eigenvalue weighted by Crippen LogP contribution is -2.17. The highest BCUT2D eigenvalue weighted by Gasteiger charge is 2.18. The molecule has 2 aromatic rings. The highest BCUT2D eigenvalue weighted by Crippen LogP contribution is 2.26. The van der Waals surface area contributed by atoms with E-state index in [9.17, 15) is 0 Å². The highest BCUT2D eigenvalue weighted by atomic mass is 35.5. The maximum Gasteiger partial charge on any atom is 0.111 e. The summed E-state index contributed by atoms with van der Waals surface area (Å²) in [5.74, 6) is 1.49. The number of imidazole rings is 1. The van der Waals surface area contributed by atoms with Gasteiger partial charge in [0.2, 0.25) is 0 Å². The number of nitrogens with zero attached hydrogens (tertiary/aromatic N) is 3. The molecule has 0 saturated carbocycles. The maximum atomic E-state index is 9.12. The summed E-state index contributed by atoms with van der Waals surface area (Å²) in [4.78, 5) is 4.68. The van der Waals surface area contributed by atoms with Gasteiger partial charge in [0, 0.05) is 19.4 Å². The number of methoxy groups -OCH3 is 1. The van der Waals surface area contributed by atoms with Gasteiger partial charge in [-0.25, -0.2) is 4.98 Å². The summed E-state index contributed by atoms with van der Waals surface area (Å²) in [6.45, 7) is 2.79. The van der Waals surface area contributed by atoms with Crippen LogP contribution >= 0.6 is 11.6 Å². The normalized spacial score (nSPS) is 12.5. The van der Waals surface area contributed by atoms with E-state index >= 15 is 0 Å². The van der Waals surface area contributed by atoms with Crippen LogP contribution in [0.15, 0.2) is 18.2 Å². The van der Waals surface area contributed by atoms with E-state index in [1.807, 2.05) is 12.1 Å². The molecular weight excluding hydrogens is 286 g/mol. The summed E-state index contributed by atoms with van der Waals surface area (Å²) in [7, 11) is 1.71. The Morgan fingerprint density at radius 2 is 2.29 bits per heavy atom. The highest BCUT2D eigenvalue weighted by molar-refractivity contribution is 6.17. The van der Waals surface area contributed by atoms with Crippen LogP contribution in [0, 0.1) is 11.3 Å². The summed E-state index contributed by atoms with van der Waals surface area (Å²) < 4.78 is 7.57. The minimum absolute atomic E-state index is 0.220. The zero-order chi connectivity index (χ0) is 15.2. The van der Waals surface area contributed by atoms with Crippen molar-refractivity contribution in [1.82, 2.24) is 9.55 Å². The predicted molar refractivity (Wildman–Crippen MR) is 84.7 cm³/mol.